The third-order valence-electron chi connectivity index (χ3n) is 3.81. The lowest BCUT2D eigenvalue weighted by Crippen LogP contribution is -2.58. The molecule has 2 heteroatoms. The van der Waals surface area contributed by atoms with Gasteiger partial charge in [0.25, 0.3) is 0 Å². The molecule has 1 fully saturated rings. The minimum atomic E-state index is 0.729. The third kappa shape index (κ3) is 3.46. The van der Waals surface area contributed by atoms with Crippen molar-refractivity contribution in [3.8, 4) is 0 Å². The van der Waals surface area contributed by atoms with Crippen molar-refractivity contribution >= 4 is 0 Å². The summed E-state index contributed by atoms with van der Waals surface area (Å²) in [6, 6.07) is 2.23. The number of nitrogens with one attached hydrogen (secondary N) is 1. The zero-order valence-corrected chi connectivity index (χ0v) is 10.9. The number of piperazine rings is 1. The third-order valence-corrected chi connectivity index (χ3v) is 3.81. The molecule has 0 aromatic rings. The highest BCUT2D eigenvalue weighted by atomic mass is 15.2. The molecule has 90 valence electrons. The Hall–Kier alpha value is -0.0800. The predicted octanol–water partition coefficient (Wildman–Crippen LogP) is 2.64. The Kier molecular flexibility index (Phi) is 5.62. The average molecular weight is 212 g/mol. The van der Waals surface area contributed by atoms with E-state index >= 15 is 0 Å². The fraction of sp³-hybridized carbons (Fsp3) is 1.00. The fourth-order valence-corrected chi connectivity index (χ4v) is 2.58. The van der Waals surface area contributed by atoms with Crippen LogP contribution in [0.15, 0.2) is 0 Å². The van der Waals surface area contributed by atoms with E-state index in [4.69, 9.17) is 0 Å². The van der Waals surface area contributed by atoms with Crippen molar-refractivity contribution in [3.63, 3.8) is 0 Å². The first-order valence-corrected chi connectivity index (χ1v) is 6.71. The van der Waals surface area contributed by atoms with E-state index in [1.54, 1.807) is 0 Å². The number of nitrogens with zero attached hydrogens (tertiary/aromatic N) is 1. The van der Waals surface area contributed by atoms with Crippen LogP contribution in [0.2, 0.25) is 0 Å². The van der Waals surface area contributed by atoms with E-state index in [2.05, 4.69) is 37.9 Å². The number of hydrogen-bond donors (Lipinski definition) is 1. The van der Waals surface area contributed by atoms with Crippen molar-refractivity contribution in [1.82, 2.24) is 10.2 Å². The molecule has 0 amide bonds. The Bertz CT molecular complexity index is 170. The summed E-state index contributed by atoms with van der Waals surface area (Å²) in [6.07, 6.45) is 5.16. The second kappa shape index (κ2) is 6.49. The lowest BCUT2D eigenvalue weighted by molar-refractivity contribution is 0.0819. The first kappa shape index (κ1) is 13.0. The molecule has 15 heavy (non-hydrogen) atoms. The molecule has 1 saturated heterocycles. The van der Waals surface area contributed by atoms with E-state index in [9.17, 15) is 0 Å². The zero-order chi connectivity index (χ0) is 11.3. The Morgan fingerprint density at radius 3 is 2.60 bits per heavy atom. The van der Waals surface area contributed by atoms with Gasteiger partial charge in [-0.05, 0) is 26.2 Å². The Labute approximate surface area is 95.4 Å². The minimum Gasteiger partial charge on any atom is -0.311 e. The molecule has 1 aliphatic rings. The van der Waals surface area contributed by atoms with Crippen molar-refractivity contribution in [3.05, 3.63) is 0 Å². The van der Waals surface area contributed by atoms with E-state index in [1.807, 2.05) is 0 Å². The number of hydrogen-bond acceptors (Lipinski definition) is 2. The quantitative estimate of drug-likeness (QED) is 0.753. The molecule has 1 rings (SSSR count). The molecular weight excluding hydrogens is 184 g/mol. The van der Waals surface area contributed by atoms with Gasteiger partial charge in [-0.15, -0.1) is 0 Å². The van der Waals surface area contributed by atoms with Crippen LogP contribution in [-0.2, 0) is 0 Å². The van der Waals surface area contributed by atoms with Crippen LogP contribution in [0.1, 0.15) is 53.4 Å². The van der Waals surface area contributed by atoms with Gasteiger partial charge in [-0.2, -0.15) is 0 Å². The van der Waals surface area contributed by atoms with Crippen LogP contribution in [0.3, 0.4) is 0 Å². The Morgan fingerprint density at radius 2 is 2.07 bits per heavy atom. The summed E-state index contributed by atoms with van der Waals surface area (Å²) in [4.78, 5) is 2.72. The van der Waals surface area contributed by atoms with Gasteiger partial charge < -0.3 is 5.32 Å². The predicted molar refractivity (Wildman–Crippen MR) is 67.2 cm³/mol. The van der Waals surface area contributed by atoms with Crippen LogP contribution in [-0.4, -0.2) is 36.1 Å². The maximum absolute atomic E-state index is 3.69. The van der Waals surface area contributed by atoms with Gasteiger partial charge in [0, 0.05) is 31.2 Å². The molecule has 0 saturated carbocycles. The van der Waals surface area contributed by atoms with E-state index in [0.717, 1.165) is 18.1 Å². The van der Waals surface area contributed by atoms with Crippen LogP contribution < -0.4 is 5.32 Å². The van der Waals surface area contributed by atoms with Gasteiger partial charge in [-0.25, -0.2) is 0 Å². The Balaban J connectivity index is 2.52. The molecule has 0 aromatic heterocycles. The highest BCUT2D eigenvalue weighted by Crippen LogP contribution is 2.17. The molecule has 0 radical (unpaired) electrons. The molecule has 3 unspecified atom stereocenters. The van der Waals surface area contributed by atoms with E-state index in [0.29, 0.717) is 0 Å². The molecule has 2 nitrogen and oxygen atoms in total. The summed E-state index contributed by atoms with van der Waals surface area (Å²) >= 11 is 0. The van der Waals surface area contributed by atoms with Crippen LogP contribution in [0, 0.1) is 0 Å². The van der Waals surface area contributed by atoms with Crippen LogP contribution >= 0.6 is 0 Å². The summed E-state index contributed by atoms with van der Waals surface area (Å²) in [7, 11) is 0. The average Bonchev–Trinajstić information content (AvgIpc) is 2.28. The van der Waals surface area contributed by atoms with Crippen molar-refractivity contribution in [2.45, 2.75) is 71.5 Å². The smallest absolute Gasteiger partial charge is 0.0221 e. The highest BCUT2D eigenvalue weighted by Gasteiger charge is 2.28. The molecule has 0 bridgehead atoms. The molecule has 0 aromatic carbocycles. The SMILES string of the molecule is CCCC1CN(C(C)CC)C(CC)CN1. The molecule has 0 aliphatic carbocycles. The van der Waals surface area contributed by atoms with Crippen molar-refractivity contribution in [1.29, 1.82) is 0 Å². The zero-order valence-electron chi connectivity index (χ0n) is 10.9. The van der Waals surface area contributed by atoms with Crippen LogP contribution in [0.25, 0.3) is 0 Å². The maximum Gasteiger partial charge on any atom is 0.0221 e. The molecule has 0 spiro atoms. The largest absolute Gasteiger partial charge is 0.311 e. The first-order chi connectivity index (χ1) is 7.22. The summed E-state index contributed by atoms with van der Waals surface area (Å²) < 4.78 is 0. The summed E-state index contributed by atoms with van der Waals surface area (Å²) in [5.74, 6) is 0. The van der Waals surface area contributed by atoms with Gasteiger partial charge in [-0.1, -0.05) is 27.2 Å². The molecule has 1 N–H and O–H groups in total. The van der Waals surface area contributed by atoms with E-state index < -0.39 is 0 Å². The minimum absolute atomic E-state index is 0.729. The summed E-state index contributed by atoms with van der Waals surface area (Å²) in [5, 5.41) is 3.69. The van der Waals surface area contributed by atoms with Crippen LogP contribution in [0.5, 0.6) is 0 Å². The Morgan fingerprint density at radius 1 is 1.33 bits per heavy atom. The monoisotopic (exact) mass is 212 g/mol. The van der Waals surface area contributed by atoms with Crippen molar-refractivity contribution < 1.29 is 0 Å². The van der Waals surface area contributed by atoms with Crippen molar-refractivity contribution in [2.75, 3.05) is 13.1 Å². The lowest BCUT2D eigenvalue weighted by atomic mass is 10.0. The van der Waals surface area contributed by atoms with E-state index in [1.165, 1.54) is 38.8 Å². The molecule has 1 heterocycles. The van der Waals surface area contributed by atoms with Gasteiger partial charge in [0.15, 0.2) is 0 Å². The second-order valence-electron chi connectivity index (χ2n) is 4.91. The molecular formula is C13H28N2. The first-order valence-electron chi connectivity index (χ1n) is 6.71. The number of rotatable bonds is 5. The normalized spacial score (nSPS) is 30.4. The van der Waals surface area contributed by atoms with Gasteiger partial charge in [0.2, 0.25) is 0 Å². The lowest BCUT2D eigenvalue weighted by Gasteiger charge is -2.43. The van der Waals surface area contributed by atoms with E-state index in [-0.39, 0.29) is 0 Å². The van der Waals surface area contributed by atoms with Gasteiger partial charge >= 0.3 is 0 Å². The van der Waals surface area contributed by atoms with Gasteiger partial charge in [0.1, 0.15) is 0 Å². The van der Waals surface area contributed by atoms with Gasteiger partial charge in [-0.3, -0.25) is 4.90 Å². The van der Waals surface area contributed by atoms with Gasteiger partial charge in [0.05, 0.1) is 0 Å². The van der Waals surface area contributed by atoms with Crippen LogP contribution in [0.4, 0.5) is 0 Å². The summed E-state index contributed by atoms with van der Waals surface area (Å²) in [6.45, 7) is 11.7. The fourth-order valence-electron chi connectivity index (χ4n) is 2.58. The molecule has 1 aliphatic heterocycles. The topological polar surface area (TPSA) is 15.3 Å². The maximum atomic E-state index is 3.69. The second-order valence-corrected chi connectivity index (χ2v) is 4.91. The summed E-state index contributed by atoms with van der Waals surface area (Å²) in [5.41, 5.74) is 0. The highest BCUT2D eigenvalue weighted by molar-refractivity contribution is 4.87. The van der Waals surface area contributed by atoms with Crippen molar-refractivity contribution in [2.24, 2.45) is 0 Å². The standard InChI is InChI=1S/C13H28N2/c1-5-8-12-10-15(11(4)6-2)13(7-3)9-14-12/h11-14H,5-10H2,1-4H3. The molecule has 3 atom stereocenters.